The fourth-order valence-corrected chi connectivity index (χ4v) is 1.82. The zero-order valence-electron chi connectivity index (χ0n) is 11.1. The van der Waals surface area contributed by atoms with Crippen molar-refractivity contribution >= 4 is 23.1 Å². The number of aromatic nitrogens is 2. The molecule has 0 atom stereocenters. The highest BCUT2D eigenvalue weighted by Crippen LogP contribution is 2.33. The predicted molar refractivity (Wildman–Crippen MR) is 74.3 cm³/mol. The monoisotopic (exact) mass is 312 g/mol. The molecule has 1 aliphatic heterocycles. The van der Waals surface area contributed by atoms with E-state index in [0.29, 0.717) is 30.4 Å². The summed E-state index contributed by atoms with van der Waals surface area (Å²) in [5, 5.41) is 11.0. The second-order valence-electron chi connectivity index (χ2n) is 3.82. The number of benzene rings is 1. The van der Waals surface area contributed by atoms with Crippen LogP contribution in [0.2, 0.25) is 5.28 Å². The molecule has 21 heavy (non-hydrogen) atoms. The third-order valence-electron chi connectivity index (χ3n) is 2.52. The maximum Gasteiger partial charge on any atom is 0.224 e. The molecular weight excluding hydrogens is 301 g/mol. The number of hydrogen-bond acceptors (Lipinski definition) is 5. The molecule has 1 aromatic carbocycles. The third kappa shape index (κ3) is 3.71. The lowest BCUT2D eigenvalue weighted by Gasteiger charge is -2.19. The van der Waals surface area contributed by atoms with E-state index in [2.05, 4.69) is 15.3 Å². The minimum absolute atomic E-state index is 0.0108. The summed E-state index contributed by atoms with van der Waals surface area (Å²) < 4.78 is 24.3. The molecule has 1 aliphatic rings. The van der Waals surface area contributed by atoms with Crippen LogP contribution in [0.5, 0.6) is 11.5 Å². The van der Waals surface area contributed by atoms with Gasteiger partial charge in [0, 0.05) is 11.8 Å². The molecule has 0 bridgehead atoms. The number of ether oxygens (including phenoxy) is 2. The van der Waals surface area contributed by atoms with Gasteiger partial charge in [0.1, 0.15) is 13.2 Å². The Morgan fingerprint density at radius 2 is 1.95 bits per heavy atom. The minimum atomic E-state index is -0.584. The Balaban J connectivity index is 0.000000774. The number of nitrogens with zero attached hydrogens (tertiary/aromatic N) is 2. The van der Waals surface area contributed by atoms with Crippen LogP contribution in [0, 0.1) is 5.82 Å². The average molecular weight is 313 g/mol. The van der Waals surface area contributed by atoms with Gasteiger partial charge in [-0.2, -0.15) is 4.98 Å². The van der Waals surface area contributed by atoms with Crippen LogP contribution in [-0.4, -0.2) is 30.3 Å². The lowest BCUT2D eigenvalue weighted by molar-refractivity contribution is 0.171. The van der Waals surface area contributed by atoms with E-state index in [1.165, 1.54) is 0 Å². The number of fused-ring (bicyclic) bond motifs is 1. The quantitative estimate of drug-likeness (QED) is 0.863. The molecule has 0 unspecified atom stereocenters. The van der Waals surface area contributed by atoms with Crippen LogP contribution in [0.25, 0.3) is 0 Å². The number of nitrogens with one attached hydrogen (secondary N) is 1. The van der Waals surface area contributed by atoms with Gasteiger partial charge in [-0.1, -0.05) is 0 Å². The highest BCUT2D eigenvalue weighted by Gasteiger charge is 2.13. The first kappa shape index (κ1) is 15.3. The van der Waals surface area contributed by atoms with E-state index < -0.39 is 5.82 Å². The molecular formula is C13H12ClFN3O3. The number of halogens is 2. The number of anilines is 2. The summed E-state index contributed by atoms with van der Waals surface area (Å²) in [7, 11) is 0.750. The van der Waals surface area contributed by atoms with E-state index in [1.807, 2.05) is 0 Å². The van der Waals surface area contributed by atoms with Gasteiger partial charge >= 0.3 is 0 Å². The van der Waals surface area contributed by atoms with Gasteiger partial charge in [0.05, 0.1) is 13.3 Å². The molecule has 2 heterocycles. The molecule has 1 radical (unpaired) electrons. The fraction of sp³-hybridized carbons (Fsp3) is 0.231. The number of rotatable bonds is 2. The van der Waals surface area contributed by atoms with Crippen molar-refractivity contribution in [3.8, 4) is 11.5 Å². The largest absolute Gasteiger partial charge is 0.486 e. The molecule has 2 aromatic rings. The summed E-state index contributed by atoms with van der Waals surface area (Å²) in [6, 6.07) is 5.20. The first-order valence-electron chi connectivity index (χ1n) is 5.98. The summed E-state index contributed by atoms with van der Waals surface area (Å²) in [6.45, 7) is 1.01. The lowest BCUT2D eigenvalue weighted by Crippen LogP contribution is -2.15. The second kappa shape index (κ2) is 7.05. The van der Waals surface area contributed by atoms with E-state index in [-0.39, 0.29) is 11.1 Å². The topological polar surface area (TPSA) is 76.2 Å². The van der Waals surface area contributed by atoms with Crippen molar-refractivity contribution in [3.05, 3.63) is 35.5 Å². The van der Waals surface area contributed by atoms with Gasteiger partial charge in [0.25, 0.3) is 0 Å². The smallest absolute Gasteiger partial charge is 0.224 e. The van der Waals surface area contributed by atoms with Crippen molar-refractivity contribution in [2.24, 2.45) is 0 Å². The van der Waals surface area contributed by atoms with E-state index in [1.54, 1.807) is 18.2 Å². The molecule has 0 amide bonds. The fourth-order valence-electron chi connectivity index (χ4n) is 1.69. The maximum absolute atomic E-state index is 13.5. The molecule has 111 valence electrons. The molecule has 6 nitrogen and oxygen atoms in total. The van der Waals surface area contributed by atoms with Gasteiger partial charge in [-0.3, -0.25) is 0 Å². The molecule has 0 saturated carbocycles. The van der Waals surface area contributed by atoms with Gasteiger partial charge < -0.3 is 14.8 Å². The third-order valence-corrected chi connectivity index (χ3v) is 2.70. The first-order valence-corrected chi connectivity index (χ1v) is 6.36. The molecule has 0 saturated heterocycles. The molecule has 8 heteroatoms. The van der Waals surface area contributed by atoms with Crippen LogP contribution in [0.3, 0.4) is 0 Å². The van der Waals surface area contributed by atoms with Crippen molar-refractivity contribution in [1.29, 1.82) is 0 Å². The Kier molecular flexibility index (Phi) is 5.13. The molecule has 0 spiro atoms. The van der Waals surface area contributed by atoms with Crippen molar-refractivity contribution in [2.75, 3.05) is 25.6 Å². The van der Waals surface area contributed by atoms with Crippen LogP contribution in [0.1, 0.15) is 0 Å². The predicted octanol–water partition coefficient (Wildman–Crippen LogP) is 2.83. The first-order chi connectivity index (χ1) is 10.2. The molecule has 3 rings (SSSR count). The molecule has 1 aromatic heterocycles. The normalized spacial score (nSPS) is 12.2. The van der Waals surface area contributed by atoms with Crippen LogP contribution in [0.4, 0.5) is 15.9 Å². The van der Waals surface area contributed by atoms with Crippen molar-refractivity contribution in [3.63, 3.8) is 0 Å². The summed E-state index contributed by atoms with van der Waals surface area (Å²) in [6.07, 6.45) is 1.01. The van der Waals surface area contributed by atoms with Crippen molar-refractivity contribution in [1.82, 2.24) is 9.97 Å². The summed E-state index contributed by atoms with van der Waals surface area (Å²) in [4.78, 5) is 7.32. The van der Waals surface area contributed by atoms with Gasteiger partial charge in [-0.25, -0.2) is 14.5 Å². The molecule has 0 aliphatic carbocycles. The maximum atomic E-state index is 13.5. The standard InChI is InChI=1S/C12H9ClFN3O2.CH3O/c13-12-15-6-8(14)11(17-12)16-7-1-2-9-10(5-7)19-4-3-18-9;1-2/h1-2,5-6H,3-4H2,(H,15,16,17);1H3. The summed E-state index contributed by atoms with van der Waals surface area (Å²) in [5.41, 5.74) is 0.623. The minimum Gasteiger partial charge on any atom is -0.486 e. The van der Waals surface area contributed by atoms with Gasteiger partial charge in [0.2, 0.25) is 5.28 Å². The zero-order chi connectivity index (χ0) is 15.2. The summed E-state index contributed by atoms with van der Waals surface area (Å²) in [5.74, 6) is 0.700. The Bertz CT molecular complexity index is 628. The SMILES string of the molecule is C[O].Fc1cnc(Cl)nc1Nc1ccc2c(c1)OCCO2. The second-order valence-corrected chi connectivity index (χ2v) is 4.16. The van der Waals surface area contributed by atoms with Crippen LogP contribution < -0.4 is 14.8 Å². The van der Waals surface area contributed by atoms with E-state index in [0.717, 1.165) is 13.3 Å². The number of hydrogen-bond donors (Lipinski definition) is 1. The Hall–Kier alpha value is -2.12. The van der Waals surface area contributed by atoms with Crippen LogP contribution >= 0.6 is 11.6 Å². The summed E-state index contributed by atoms with van der Waals surface area (Å²) >= 11 is 5.62. The average Bonchev–Trinajstić information content (AvgIpc) is 2.53. The lowest BCUT2D eigenvalue weighted by atomic mass is 10.2. The van der Waals surface area contributed by atoms with Gasteiger partial charge in [-0.15, -0.1) is 0 Å². The van der Waals surface area contributed by atoms with E-state index >= 15 is 0 Å². The highest BCUT2D eigenvalue weighted by molar-refractivity contribution is 6.28. The Morgan fingerprint density at radius 1 is 1.24 bits per heavy atom. The Morgan fingerprint density at radius 3 is 2.71 bits per heavy atom. The van der Waals surface area contributed by atoms with Crippen molar-refractivity contribution in [2.45, 2.75) is 0 Å². The van der Waals surface area contributed by atoms with Gasteiger partial charge in [-0.05, 0) is 23.7 Å². The Labute approximate surface area is 125 Å². The molecule has 0 fully saturated rings. The van der Waals surface area contributed by atoms with E-state index in [4.69, 9.17) is 26.2 Å². The molecule has 1 N–H and O–H groups in total. The highest BCUT2D eigenvalue weighted by atomic mass is 35.5. The van der Waals surface area contributed by atoms with Crippen LogP contribution in [-0.2, 0) is 5.11 Å². The zero-order valence-corrected chi connectivity index (χ0v) is 11.9. The van der Waals surface area contributed by atoms with Crippen LogP contribution in [0.15, 0.2) is 24.4 Å². The van der Waals surface area contributed by atoms with E-state index in [9.17, 15) is 4.39 Å². The van der Waals surface area contributed by atoms with Gasteiger partial charge in [0.15, 0.2) is 23.1 Å². The van der Waals surface area contributed by atoms with Crippen molar-refractivity contribution < 1.29 is 19.0 Å².